The molecule has 3 aromatic carbocycles. The molecule has 0 aliphatic carbocycles. The minimum absolute atomic E-state index is 0.0848. The fraction of sp³-hybridized carbons (Fsp3) is 0.269. The quantitative estimate of drug-likeness (QED) is 0.461. The van der Waals surface area contributed by atoms with Gasteiger partial charge in [0.2, 0.25) is 15.9 Å². The highest BCUT2D eigenvalue weighted by molar-refractivity contribution is 7.89. The van der Waals surface area contributed by atoms with Crippen LogP contribution in [0.1, 0.15) is 30.5 Å². The Kier molecular flexibility index (Phi) is 8.25. The highest BCUT2D eigenvalue weighted by atomic mass is 32.2. The minimum atomic E-state index is -3.95. The second-order valence-electron chi connectivity index (χ2n) is 7.76. The molecule has 2 N–H and O–H groups in total. The van der Waals surface area contributed by atoms with Gasteiger partial charge in [0.25, 0.3) is 0 Å². The Bertz CT molecular complexity index is 1180. The maximum absolute atomic E-state index is 13.2. The van der Waals surface area contributed by atoms with Crippen molar-refractivity contribution >= 4 is 21.6 Å². The number of amides is 1. The number of sulfonamides is 1. The molecule has 33 heavy (non-hydrogen) atoms. The van der Waals surface area contributed by atoms with Crippen LogP contribution in [0.15, 0.2) is 77.7 Å². The normalized spacial score (nSPS) is 12.2. The molecule has 7 heteroatoms. The zero-order valence-corrected chi connectivity index (χ0v) is 20.0. The maximum Gasteiger partial charge on any atom is 0.242 e. The van der Waals surface area contributed by atoms with E-state index in [1.807, 2.05) is 61.5 Å². The van der Waals surface area contributed by atoms with Gasteiger partial charge in [0, 0.05) is 5.69 Å². The number of hydrogen-bond donors (Lipinski definition) is 2. The van der Waals surface area contributed by atoms with Crippen molar-refractivity contribution in [3.63, 3.8) is 0 Å². The Labute approximate surface area is 196 Å². The molecule has 0 aromatic heterocycles. The van der Waals surface area contributed by atoms with E-state index in [-0.39, 0.29) is 11.3 Å². The second-order valence-corrected chi connectivity index (χ2v) is 9.48. The number of aryl methyl sites for hydroxylation is 2. The van der Waals surface area contributed by atoms with E-state index in [0.717, 1.165) is 17.5 Å². The second kappa shape index (κ2) is 11.1. The monoisotopic (exact) mass is 466 g/mol. The summed E-state index contributed by atoms with van der Waals surface area (Å²) in [5.74, 6) is 0.208. The van der Waals surface area contributed by atoms with Crippen LogP contribution in [0.3, 0.4) is 0 Å². The van der Waals surface area contributed by atoms with Gasteiger partial charge in [-0.05, 0) is 73.7 Å². The van der Waals surface area contributed by atoms with Crippen LogP contribution in [-0.2, 0) is 27.7 Å². The zero-order chi connectivity index (χ0) is 23.8. The van der Waals surface area contributed by atoms with Crippen molar-refractivity contribution in [1.82, 2.24) is 4.72 Å². The molecule has 3 rings (SSSR count). The summed E-state index contributed by atoms with van der Waals surface area (Å²) < 4.78 is 34.4. The van der Waals surface area contributed by atoms with Crippen LogP contribution in [-0.4, -0.2) is 27.0 Å². The number of hydrogen-bond acceptors (Lipinski definition) is 4. The van der Waals surface area contributed by atoms with E-state index in [2.05, 4.69) is 17.0 Å². The van der Waals surface area contributed by atoms with Gasteiger partial charge in [0.15, 0.2) is 0 Å². The Balaban J connectivity index is 1.85. The topological polar surface area (TPSA) is 84.5 Å². The number of carbonyl (C=O) groups excluding carboxylic acids is 1. The van der Waals surface area contributed by atoms with Crippen LogP contribution < -0.4 is 14.8 Å². The minimum Gasteiger partial charge on any atom is -0.494 e. The molecule has 1 amide bonds. The maximum atomic E-state index is 13.2. The molecule has 0 saturated carbocycles. The summed E-state index contributed by atoms with van der Waals surface area (Å²) in [4.78, 5) is 13.2. The first-order chi connectivity index (χ1) is 15.8. The molecular weight excluding hydrogens is 436 g/mol. The van der Waals surface area contributed by atoms with Crippen molar-refractivity contribution in [2.45, 2.75) is 44.6 Å². The lowest BCUT2D eigenvalue weighted by atomic mass is 10.1. The van der Waals surface area contributed by atoms with Crippen LogP contribution in [0.4, 0.5) is 5.69 Å². The van der Waals surface area contributed by atoms with E-state index in [1.54, 1.807) is 19.1 Å². The zero-order valence-electron chi connectivity index (χ0n) is 19.2. The van der Waals surface area contributed by atoms with Gasteiger partial charge in [-0.15, -0.1) is 0 Å². The van der Waals surface area contributed by atoms with Gasteiger partial charge in [-0.1, -0.05) is 49.4 Å². The van der Waals surface area contributed by atoms with Crippen molar-refractivity contribution < 1.29 is 17.9 Å². The molecule has 0 bridgehead atoms. The van der Waals surface area contributed by atoms with Gasteiger partial charge in [-0.2, -0.15) is 4.72 Å². The van der Waals surface area contributed by atoms with Crippen LogP contribution in [0.5, 0.6) is 5.75 Å². The summed E-state index contributed by atoms with van der Waals surface area (Å²) >= 11 is 0. The molecule has 0 aliphatic heterocycles. The average molecular weight is 467 g/mol. The molecule has 0 saturated heterocycles. The molecule has 0 radical (unpaired) electrons. The Morgan fingerprint density at radius 2 is 1.64 bits per heavy atom. The van der Waals surface area contributed by atoms with E-state index in [0.29, 0.717) is 23.6 Å². The van der Waals surface area contributed by atoms with Gasteiger partial charge < -0.3 is 10.1 Å². The number of ether oxygens (including phenoxy) is 1. The average Bonchev–Trinajstić information content (AvgIpc) is 2.81. The molecule has 3 aromatic rings. The van der Waals surface area contributed by atoms with Crippen molar-refractivity contribution in [1.29, 1.82) is 0 Å². The summed E-state index contributed by atoms with van der Waals surface area (Å²) in [6.07, 6.45) is 1.11. The third-order valence-electron chi connectivity index (χ3n) is 5.28. The van der Waals surface area contributed by atoms with Gasteiger partial charge in [-0.3, -0.25) is 4.79 Å². The fourth-order valence-corrected chi connectivity index (χ4v) is 4.73. The first-order valence-corrected chi connectivity index (χ1v) is 12.5. The molecular formula is C26H30N2O4S. The third kappa shape index (κ3) is 6.66. The van der Waals surface area contributed by atoms with E-state index in [4.69, 9.17) is 4.74 Å². The first-order valence-electron chi connectivity index (χ1n) is 11.0. The van der Waals surface area contributed by atoms with E-state index >= 15 is 0 Å². The highest BCUT2D eigenvalue weighted by Gasteiger charge is 2.26. The smallest absolute Gasteiger partial charge is 0.242 e. The van der Waals surface area contributed by atoms with Gasteiger partial charge in [-0.25, -0.2) is 8.42 Å². The fourth-order valence-electron chi connectivity index (χ4n) is 3.45. The van der Waals surface area contributed by atoms with Crippen molar-refractivity contribution in [2.75, 3.05) is 11.9 Å². The van der Waals surface area contributed by atoms with E-state index < -0.39 is 22.0 Å². The number of anilines is 1. The Morgan fingerprint density at radius 3 is 2.24 bits per heavy atom. The lowest BCUT2D eigenvalue weighted by molar-refractivity contribution is -0.117. The van der Waals surface area contributed by atoms with Gasteiger partial charge in [0.1, 0.15) is 11.8 Å². The van der Waals surface area contributed by atoms with Crippen molar-refractivity contribution in [2.24, 2.45) is 0 Å². The number of rotatable bonds is 10. The van der Waals surface area contributed by atoms with Gasteiger partial charge in [0.05, 0.1) is 11.5 Å². The van der Waals surface area contributed by atoms with Crippen LogP contribution in [0, 0.1) is 6.92 Å². The lowest BCUT2D eigenvalue weighted by Gasteiger charge is -2.19. The lowest BCUT2D eigenvalue weighted by Crippen LogP contribution is -2.45. The summed E-state index contributed by atoms with van der Waals surface area (Å²) in [5, 5.41) is 2.84. The van der Waals surface area contributed by atoms with E-state index in [1.165, 1.54) is 6.07 Å². The standard InChI is InChI=1S/C26H30N2O4S/c1-4-20-11-13-22(14-12-20)27-26(29)24(18-21-9-7-6-8-10-21)28-33(30,31)23-15-16-25(32-5-2)19(3)17-23/h6-17,24,28H,4-5,18H2,1-3H3,(H,27,29). The summed E-state index contributed by atoms with van der Waals surface area (Å²) in [5.41, 5.74) is 3.33. The molecule has 0 aliphatic rings. The predicted octanol–water partition coefficient (Wildman–Crippen LogP) is 4.48. The predicted molar refractivity (Wildman–Crippen MR) is 131 cm³/mol. The van der Waals surface area contributed by atoms with E-state index in [9.17, 15) is 13.2 Å². The Hall–Kier alpha value is -3.16. The van der Waals surface area contributed by atoms with Gasteiger partial charge >= 0.3 is 0 Å². The molecule has 1 atom stereocenters. The third-order valence-corrected chi connectivity index (χ3v) is 6.75. The summed E-state index contributed by atoms with van der Waals surface area (Å²) in [6.45, 7) is 6.21. The van der Waals surface area contributed by atoms with Crippen LogP contribution >= 0.6 is 0 Å². The van der Waals surface area contributed by atoms with Crippen LogP contribution in [0.2, 0.25) is 0 Å². The summed E-state index contributed by atoms with van der Waals surface area (Å²) in [6, 6.07) is 20.5. The van der Waals surface area contributed by atoms with Crippen LogP contribution in [0.25, 0.3) is 0 Å². The number of nitrogens with one attached hydrogen (secondary N) is 2. The van der Waals surface area contributed by atoms with Crippen molar-refractivity contribution in [3.05, 3.63) is 89.5 Å². The first kappa shape index (κ1) is 24.5. The summed E-state index contributed by atoms with van der Waals surface area (Å²) in [7, 11) is -3.95. The number of benzene rings is 3. The molecule has 1 unspecified atom stereocenters. The molecule has 6 nitrogen and oxygen atoms in total. The molecule has 0 fully saturated rings. The Morgan fingerprint density at radius 1 is 0.939 bits per heavy atom. The molecule has 0 heterocycles. The number of carbonyl (C=O) groups is 1. The SMILES string of the molecule is CCOc1ccc(S(=O)(=O)NC(Cc2ccccc2)C(=O)Nc2ccc(CC)cc2)cc1C. The largest absolute Gasteiger partial charge is 0.494 e. The van der Waals surface area contributed by atoms with Crippen molar-refractivity contribution in [3.8, 4) is 5.75 Å². The molecule has 0 spiro atoms. The highest BCUT2D eigenvalue weighted by Crippen LogP contribution is 2.22. The molecule has 174 valence electrons.